The van der Waals surface area contributed by atoms with Crippen LogP contribution in [0.2, 0.25) is 0 Å². The molecule has 8 rings (SSSR count). The maximum atomic E-state index is 9.77. The average Bonchev–Trinajstić information content (AvgIpc) is 3.61. The van der Waals surface area contributed by atoms with Crippen molar-refractivity contribution in [3.05, 3.63) is 132 Å². The van der Waals surface area contributed by atoms with E-state index in [0.717, 1.165) is 0 Å². The Balaban J connectivity index is 1.54. The molecule has 1 heterocycles. The van der Waals surface area contributed by atoms with Crippen molar-refractivity contribution < 1.29 is 16.4 Å². The van der Waals surface area contributed by atoms with Crippen LogP contribution in [-0.2, 0) is 11.8 Å². The molecule has 1 aliphatic rings. The van der Waals surface area contributed by atoms with Gasteiger partial charge in [0.15, 0.2) is 0 Å². The first-order valence-electron chi connectivity index (χ1n) is 19.1. The first-order valence-corrected chi connectivity index (χ1v) is 13.1. The molecule has 2 nitrogen and oxygen atoms in total. The van der Waals surface area contributed by atoms with Crippen molar-refractivity contribution in [3.63, 3.8) is 0 Å². The third kappa shape index (κ3) is 3.08. The largest absolute Gasteiger partial charge is 0.295 e. The lowest BCUT2D eigenvalue weighted by Crippen LogP contribution is -2.14. The molecule has 7 aromatic rings. The quantitative estimate of drug-likeness (QED) is 0.210. The van der Waals surface area contributed by atoms with E-state index in [4.69, 9.17) is 12.3 Å². The average molecular weight is 527 g/mol. The van der Waals surface area contributed by atoms with E-state index in [1.54, 1.807) is 66.9 Å². The monoisotopic (exact) mass is 526 g/mol. The Morgan fingerprint density at radius 2 is 1.43 bits per heavy atom. The highest BCUT2D eigenvalue weighted by Gasteiger charge is 2.35. The Bertz CT molecular complexity index is 2650. The minimum atomic E-state index is -3.06. The Morgan fingerprint density at radius 3 is 2.17 bits per heavy atom. The molecule has 0 amide bonds. The van der Waals surface area contributed by atoms with E-state index in [2.05, 4.69) is 4.98 Å². The lowest BCUT2D eigenvalue weighted by atomic mass is 9.81. The fraction of sp³-hybridized carbons (Fsp3) is 0.132. The van der Waals surface area contributed by atoms with Crippen LogP contribution in [-0.4, -0.2) is 9.55 Å². The molecule has 40 heavy (non-hydrogen) atoms. The van der Waals surface area contributed by atoms with Crippen LogP contribution in [0, 0.1) is 0 Å². The molecule has 0 saturated carbocycles. The van der Waals surface area contributed by atoms with Gasteiger partial charge in [0.05, 0.1) is 26.3 Å². The predicted molar refractivity (Wildman–Crippen MR) is 168 cm³/mol. The highest BCUT2D eigenvalue weighted by molar-refractivity contribution is 6.18. The van der Waals surface area contributed by atoms with Gasteiger partial charge in [-0.3, -0.25) is 4.57 Å². The zero-order valence-electron chi connectivity index (χ0n) is 33.8. The van der Waals surface area contributed by atoms with Gasteiger partial charge in [0.1, 0.15) is 5.82 Å². The molecule has 0 saturated heterocycles. The van der Waals surface area contributed by atoms with Crippen LogP contribution in [0.15, 0.2) is 115 Å². The number of aromatic nitrogens is 2. The molecule has 0 atom stereocenters. The molecule has 1 aromatic heterocycles. The Hall–Kier alpha value is -4.69. The third-order valence-corrected chi connectivity index (χ3v) is 8.05. The first kappa shape index (κ1) is 14.1. The summed E-state index contributed by atoms with van der Waals surface area (Å²) in [5, 5.41) is 2.26. The fourth-order valence-corrected chi connectivity index (χ4v) is 6.23. The molecule has 0 spiro atoms. The minimum Gasteiger partial charge on any atom is -0.295 e. The number of hydrogen-bond acceptors (Lipinski definition) is 1. The van der Waals surface area contributed by atoms with Crippen molar-refractivity contribution in [3.8, 4) is 27.9 Å². The molecule has 0 bridgehead atoms. The molecule has 192 valence electrons. The zero-order chi connectivity index (χ0) is 37.4. The second-order valence-electron chi connectivity index (χ2n) is 10.6. The van der Waals surface area contributed by atoms with Gasteiger partial charge in [-0.05, 0) is 62.3 Å². The maximum Gasteiger partial charge on any atom is 0.114 e. The molecule has 0 radical (unpaired) electrons. The van der Waals surface area contributed by atoms with Gasteiger partial charge in [-0.2, -0.15) is 0 Å². The van der Waals surface area contributed by atoms with E-state index in [1.165, 1.54) is 0 Å². The number of nitrogens with zero attached hydrogens (tertiary/aromatic N) is 2. The fourth-order valence-electron chi connectivity index (χ4n) is 6.23. The maximum absolute atomic E-state index is 9.77. The zero-order valence-corrected chi connectivity index (χ0v) is 21.8. The van der Waals surface area contributed by atoms with Crippen LogP contribution in [0.4, 0.5) is 0 Å². The van der Waals surface area contributed by atoms with Crippen molar-refractivity contribution in [1.82, 2.24) is 9.55 Å². The lowest BCUT2D eigenvalue weighted by molar-refractivity contribution is 0.660. The highest BCUT2D eigenvalue weighted by Crippen LogP contribution is 2.51. The smallest absolute Gasteiger partial charge is 0.114 e. The summed E-state index contributed by atoms with van der Waals surface area (Å²) in [6, 6.07) is 19.4. The summed E-state index contributed by atoms with van der Waals surface area (Å²) in [5.41, 5.74) is 1.75. The molecular weight excluding hydrogens is 484 g/mol. The summed E-state index contributed by atoms with van der Waals surface area (Å²) in [7, 11) is 0. The van der Waals surface area contributed by atoms with Crippen molar-refractivity contribution in [2.75, 3.05) is 0 Å². The summed E-state index contributed by atoms with van der Waals surface area (Å²) < 4.78 is 107. The van der Waals surface area contributed by atoms with Gasteiger partial charge in [-0.1, -0.05) is 118 Å². The van der Waals surface area contributed by atoms with Crippen LogP contribution in [0.3, 0.4) is 0 Å². The van der Waals surface area contributed by atoms with E-state index < -0.39 is 30.7 Å². The summed E-state index contributed by atoms with van der Waals surface area (Å²) in [6.07, 6.45) is -2.86. The number of hydrogen-bond donors (Lipinski definition) is 0. The minimum absolute atomic E-state index is 0.0791. The number of rotatable bonds is 3. The van der Waals surface area contributed by atoms with E-state index >= 15 is 0 Å². The second kappa shape index (κ2) is 8.40. The van der Waals surface area contributed by atoms with Gasteiger partial charge in [0.2, 0.25) is 0 Å². The highest BCUT2D eigenvalue weighted by atomic mass is 15.1. The normalized spacial score (nSPS) is 18.6. The number of fused-ring (bicyclic) bond motifs is 6. The molecule has 0 fully saturated rings. The van der Waals surface area contributed by atoms with Crippen molar-refractivity contribution in [2.24, 2.45) is 0 Å². The van der Waals surface area contributed by atoms with Crippen LogP contribution in [0.5, 0.6) is 0 Å². The molecule has 1 aliphatic carbocycles. The van der Waals surface area contributed by atoms with Gasteiger partial charge in [-0.15, -0.1) is 0 Å². The van der Waals surface area contributed by atoms with E-state index in [0.29, 0.717) is 49.4 Å². The van der Waals surface area contributed by atoms with Gasteiger partial charge in [-0.25, -0.2) is 4.98 Å². The Labute approximate surface area is 251 Å². The lowest BCUT2D eigenvalue weighted by Gasteiger charge is -2.23. The number of para-hydroxylation sites is 2. The molecule has 2 heteroatoms. The molecule has 0 N–H and O–H groups in total. The first-order chi connectivity index (χ1) is 24.4. The summed E-state index contributed by atoms with van der Waals surface area (Å²) in [5.74, 6) is -0.301. The summed E-state index contributed by atoms with van der Waals surface area (Å²) >= 11 is 0. The summed E-state index contributed by atoms with van der Waals surface area (Å²) in [6.45, 7) is 0.483. The number of imidazole rings is 1. The second-order valence-corrected chi connectivity index (χ2v) is 10.6. The van der Waals surface area contributed by atoms with Crippen molar-refractivity contribution in [2.45, 2.75) is 32.5 Å². The van der Waals surface area contributed by atoms with E-state index in [9.17, 15) is 4.11 Å². The van der Waals surface area contributed by atoms with Gasteiger partial charge in [0, 0.05) is 29.4 Å². The van der Waals surface area contributed by atoms with Crippen LogP contribution < -0.4 is 0 Å². The Kier molecular flexibility index (Phi) is 2.96. The summed E-state index contributed by atoms with van der Waals surface area (Å²) in [4.78, 5) is 4.55. The SMILES string of the molecule is [2H]c1c([2H])c([2H])c2c(c1[2H])-c1c([2H])c([2H])c(-c3c4ccccc4c(-n4c(C([2H])([2H])C([2H])([2H])[2H])nc5ccccc54)c4ccccc34)c([2H])c1C2(C)C. The molecule has 0 unspecified atom stereocenters. The van der Waals surface area contributed by atoms with E-state index in [-0.39, 0.29) is 58.3 Å². The van der Waals surface area contributed by atoms with Crippen LogP contribution >= 0.6 is 0 Å². The van der Waals surface area contributed by atoms with Gasteiger partial charge in [0.25, 0.3) is 0 Å². The predicted octanol–water partition coefficient (Wildman–Crippen LogP) is 9.87. The number of benzene rings is 6. The van der Waals surface area contributed by atoms with E-state index in [1.807, 2.05) is 24.3 Å². The third-order valence-electron chi connectivity index (χ3n) is 8.05. The molecular formula is C38H30N2. The van der Waals surface area contributed by atoms with Crippen molar-refractivity contribution >= 4 is 32.6 Å². The molecule has 6 aromatic carbocycles. The van der Waals surface area contributed by atoms with Crippen molar-refractivity contribution in [1.29, 1.82) is 0 Å². The Morgan fingerprint density at radius 1 is 0.775 bits per heavy atom. The van der Waals surface area contributed by atoms with Crippen LogP contribution in [0.25, 0.3) is 60.5 Å². The topological polar surface area (TPSA) is 17.8 Å². The van der Waals surface area contributed by atoms with Gasteiger partial charge < -0.3 is 0 Å². The van der Waals surface area contributed by atoms with Crippen LogP contribution in [0.1, 0.15) is 54.1 Å². The van der Waals surface area contributed by atoms with Gasteiger partial charge >= 0.3 is 0 Å². The standard InChI is InChI=1S/C38H30N2/c1-4-35-39-33-19-11-12-20-34(33)40(35)37-29-16-7-5-14-27(29)36(28-15-6-8-17-30(28)37)24-21-22-26-25-13-9-10-18-31(25)38(2,3)32(26)23-24/h5-23H,4H2,1-3H3/i1D3,4D2,9D,10D,13D,18D,21D,22D,23D. The molecule has 0 aliphatic heterocycles. The number of aryl methyl sites for hydroxylation is 1.